The summed E-state index contributed by atoms with van der Waals surface area (Å²) in [6.45, 7) is 2.69. The molecule has 3 aromatic rings. The fraction of sp³-hybridized carbons (Fsp3) is 0.235. The smallest absolute Gasteiger partial charge is 0.298 e. The Hall–Kier alpha value is -2.58. The maximum Gasteiger partial charge on any atom is 0.298 e. The number of anilines is 2. The summed E-state index contributed by atoms with van der Waals surface area (Å²) < 4.78 is 29.4. The van der Waals surface area contributed by atoms with Crippen molar-refractivity contribution in [2.24, 2.45) is 5.14 Å². The molecule has 8 heteroatoms. The number of fused-ring (bicyclic) bond motifs is 1. The second kappa shape index (κ2) is 6.05. The van der Waals surface area contributed by atoms with Crippen LogP contribution in [0.3, 0.4) is 0 Å². The van der Waals surface area contributed by atoms with Crippen LogP contribution in [0, 0.1) is 0 Å². The minimum absolute atomic E-state index is 0.158. The summed E-state index contributed by atoms with van der Waals surface area (Å²) in [4.78, 5) is 8.77. The zero-order chi connectivity index (χ0) is 17.4. The Morgan fingerprint density at radius 1 is 0.920 bits per heavy atom. The van der Waals surface area contributed by atoms with Gasteiger partial charge in [0.1, 0.15) is 10.4 Å². The molecule has 2 heterocycles. The summed E-state index contributed by atoms with van der Waals surface area (Å²) in [5, 5.41) is 5.34. The first-order valence-corrected chi connectivity index (χ1v) is 9.54. The van der Waals surface area contributed by atoms with Gasteiger partial charge in [-0.05, 0) is 24.3 Å². The summed E-state index contributed by atoms with van der Waals surface area (Å²) in [5.74, 6) is 0. The number of hydrogen-bond donors (Lipinski definition) is 1. The summed E-state index contributed by atoms with van der Waals surface area (Å²) in [6, 6.07) is 15.1. The number of benzene rings is 2. The Morgan fingerprint density at radius 3 is 2.28 bits per heavy atom. The highest BCUT2D eigenvalue weighted by Crippen LogP contribution is 2.27. The van der Waals surface area contributed by atoms with Gasteiger partial charge >= 0.3 is 0 Å². The van der Waals surface area contributed by atoms with Gasteiger partial charge in [0, 0.05) is 26.2 Å². The molecule has 1 fully saturated rings. The molecule has 1 aliphatic rings. The van der Waals surface area contributed by atoms with E-state index >= 15 is 0 Å². The zero-order valence-electron chi connectivity index (χ0n) is 13.5. The Kier molecular flexibility index (Phi) is 3.85. The van der Waals surface area contributed by atoms with Crippen LogP contribution in [-0.4, -0.2) is 39.6 Å². The third-order valence-electron chi connectivity index (χ3n) is 4.35. The van der Waals surface area contributed by atoms with Gasteiger partial charge in [-0.15, -0.1) is 0 Å². The molecule has 0 aliphatic carbocycles. The van der Waals surface area contributed by atoms with Crippen molar-refractivity contribution in [2.45, 2.75) is 4.90 Å². The Balaban J connectivity index is 1.54. The molecule has 1 aliphatic heterocycles. The minimum Gasteiger partial charge on any atom is -0.423 e. The lowest BCUT2D eigenvalue weighted by Gasteiger charge is -2.35. The van der Waals surface area contributed by atoms with Crippen LogP contribution in [0.2, 0.25) is 0 Å². The van der Waals surface area contributed by atoms with Crippen molar-refractivity contribution < 1.29 is 12.8 Å². The van der Waals surface area contributed by atoms with E-state index in [-0.39, 0.29) is 4.90 Å². The number of hydrogen-bond acceptors (Lipinski definition) is 6. The summed E-state index contributed by atoms with van der Waals surface area (Å²) >= 11 is 0. The molecular formula is C17H18N4O3S. The van der Waals surface area contributed by atoms with Gasteiger partial charge in [-0.25, -0.2) is 13.6 Å². The van der Waals surface area contributed by atoms with Crippen molar-refractivity contribution in [3.05, 3.63) is 48.5 Å². The molecule has 130 valence electrons. The zero-order valence-corrected chi connectivity index (χ0v) is 14.3. The molecule has 7 nitrogen and oxygen atoms in total. The molecular weight excluding hydrogens is 340 g/mol. The Morgan fingerprint density at radius 2 is 1.56 bits per heavy atom. The van der Waals surface area contributed by atoms with Gasteiger partial charge < -0.3 is 14.2 Å². The molecule has 0 saturated carbocycles. The third kappa shape index (κ3) is 3.06. The molecule has 2 N–H and O–H groups in total. The Labute approximate surface area is 145 Å². The first kappa shape index (κ1) is 15.9. The molecule has 0 bridgehead atoms. The van der Waals surface area contributed by atoms with E-state index in [0.717, 1.165) is 11.1 Å². The number of para-hydroxylation sites is 3. The number of piperazine rings is 1. The molecule has 0 amide bonds. The molecule has 0 radical (unpaired) electrons. The molecule has 4 rings (SSSR count). The first-order chi connectivity index (χ1) is 12.0. The number of rotatable bonds is 3. The largest absolute Gasteiger partial charge is 0.423 e. The normalized spacial score (nSPS) is 15.7. The van der Waals surface area contributed by atoms with E-state index in [1.54, 1.807) is 12.1 Å². The van der Waals surface area contributed by atoms with Crippen molar-refractivity contribution >= 4 is 32.8 Å². The topological polar surface area (TPSA) is 92.7 Å². The van der Waals surface area contributed by atoms with E-state index < -0.39 is 10.0 Å². The predicted molar refractivity (Wildman–Crippen MR) is 96.3 cm³/mol. The highest BCUT2D eigenvalue weighted by atomic mass is 32.2. The molecule has 25 heavy (non-hydrogen) atoms. The first-order valence-electron chi connectivity index (χ1n) is 8.00. The van der Waals surface area contributed by atoms with E-state index in [4.69, 9.17) is 9.56 Å². The number of nitrogens with zero attached hydrogens (tertiary/aromatic N) is 3. The van der Waals surface area contributed by atoms with E-state index in [1.165, 1.54) is 6.07 Å². The summed E-state index contributed by atoms with van der Waals surface area (Å²) in [7, 11) is -3.75. The monoisotopic (exact) mass is 358 g/mol. The van der Waals surface area contributed by atoms with E-state index in [9.17, 15) is 8.42 Å². The predicted octanol–water partition coefficient (Wildman–Crippen LogP) is 1.80. The molecule has 1 saturated heterocycles. The Bertz CT molecular complexity index is 974. The van der Waals surface area contributed by atoms with Gasteiger partial charge in [0.05, 0.1) is 5.69 Å². The molecule has 2 aromatic carbocycles. The second-order valence-electron chi connectivity index (χ2n) is 5.95. The summed E-state index contributed by atoms with van der Waals surface area (Å²) in [6.07, 6.45) is 0. The fourth-order valence-corrected chi connectivity index (χ4v) is 3.85. The van der Waals surface area contributed by atoms with E-state index in [1.807, 2.05) is 35.2 Å². The molecule has 0 atom stereocenters. The highest BCUT2D eigenvalue weighted by molar-refractivity contribution is 7.89. The van der Waals surface area contributed by atoms with Crippen LogP contribution >= 0.6 is 0 Å². The average molecular weight is 358 g/mol. The standard InChI is InChI=1S/C17H18N4O3S/c18-25(22,23)16-8-4-2-6-14(16)20-9-11-21(12-10-20)17-19-13-5-1-3-7-15(13)24-17/h1-8H,9-12H2,(H2,18,22,23). The van der Waals surface area contributed by atoms with Crippen LogP contribution in [-0.2, 0) is 10.0 Å². The third-order valence-corrected chi connectivity index (χ3v) is 5.30. The number of sulfonamides is 1. The van der Waals surface area contributed by atoms with Crippen molar-refractivity contribution in [3.63, 3.8) is 0 Å². The van der Waals surface area contributed by atoms with Gasteiger partial charge in [-0.3, -0.25) is 0 Å². The van der Waals surface area contributed by atoms with Gasteiger partial charge in [0.15, 0.2) is 5.58 Å². The lowest BCUT2D eigenvalue weighted by Crippen LogP contribution is -2.47. The van der Waals surface area contributed by atoms with Crippen LogP contribution in [0.25, 0.3) is 11.1 Å². The van der Waals surface area contributed by atoms with Gasteiger partial charge in [0.2, 0.25) is 10.0 Å². The van der Waals surface area contributed by atoms with E-state index in [2.05, 4.69) is 9.88 Å². The van der Waals surface area contributed by atoms with E-state index in [0.29, 0.717) is 37.9 Å². The molecule has 1 aromatic heterocycles. The van der Waals surface area contributed by atoms with Gasteiger partial charge in [0.25, 0.3) is 6.01 Å². The average Bonchev–Trinajstić information content (AvgIpc) is 3.05. The van der Waals surface area contributed by atoms with Gasteiger partial charge in [-0.1, -0.05) is 24.3 Å². The maximum atomic E-state index is 11.8. The second-order valence-corrected chi connectivity index (χ2v) is 7.48. The summed E-state index contributed by atoms with van der Waals surface area (Å²) in [5.41, 5.74) is 2.24. The number of nitrogens with two attached hydrogens (primary N) is 1. The van der Waals surface area contributed by atoms with Crippen molar-refractivity contribution in [3.8, 4) is 0 Å². The number of aromatic nitrogens is 1. The molecule has 0 spiro atoms. The van der Waals surface area contributed by atoms with Crippen molar-refractivity contribution in [1.82, 2.24) is 4.98 Å². The van der Waals surface area contributed by atoms with Crippen molar-refractivity contribution in [2.75, 3.05) is 36.0 Å². The van der Waals surface area contributed by atoms with Crippen LogP contribution in [0.4, 0.5) is 11.7 Å². The lowest BCUT2D eigenvalue weighted by atomic mass is 10.2. The maximum absolute atomic E-state index is 11.8. The highest BCUT2D eigenvalue weighted by Gasteiger charge is 2.24. The van der Waals surface area contributed by atoms with Crippen LogP contribution in [0.5, 0.6) is 0 Å². The van der Waals surface area contributed by atoms with Gasteiger partial charge in [-0.2, -0.15) is 4.98 Å². The lowest BCUT2D eigenvalue weighted by molar-refractivity contribution is 0.540. The van der Waals surface area contributed by atoms with Crippen LogP contribution in [0.15, 0.2) is 57.8 Å². The van der Waals surface area contributed by atoms with Crippen LogP contribution < -0.4 is 14.9 Å². The fourth-order valence-electron chi connectivity index (χ4n) is 3.09. The molecule has 0 unspecified atom stereocenters. The number of oxazole rings is 1. The van der Waals surface area contributed by atoms with Crippen LogP contribution in [0.1, 0.15) is 0 Å². The SMILES string of the molecule is NS(=O)(=O)c1ccccc1N1CCN(c2nc3ccccc3o2)CC1. The number of primary sulfonamides is 1. The quantitative estimate of drug-likeness (QED) is 0.767. The minimum atomic E-state index is -3.75. The van der Waals surface area contributed by atoms with Crippen molar-refractivity contribution in [1.29, 1.82) is 0 Å².